The van der Waals surface area contributed by atoms with E-state index in [1.54, 1.807) is 9.44 Å². The predicted molar refractivity (Wildman–Crippen MR) is 200 cm³/mol. The number of aryl methyl sites for hydroxylation is 1. The molecule has 4 aromatic rings. The Bertz CT molecular complexity index is 2490. The van der Waals surface area contributed by atoms with Crippen molar-refractivity contribution >= 4 is 77.3 Å². The number of benzene rings is 1. The third-order valence-electron chi connectivity index (χ3n) is 6.48. The van der Waals surface area contributed by atoms with E-state index in [2.05, 4.69) is 49.7 Å². The minimum atomic E-state index is -4.63. The second kappa shape index (κ2) is 19.7. The normalized spacial score (nSPS) is 11.2. The van der Waals surface area contributed by atoms with Gasteiger partial charge in [-0.2, -0.15) is 24.9 Å². The Kier molecular flexibility index (Phi) is 15.7. The van der Waals surface area contributed by atoms with Crippen LogP contribution in [0.3, 0.4) is 0 Å². The largest absolute Gasteiger partial charge is 0.481 e. The zero-order chi connectivity index (χ0) is 43.4. The maximum absolute atomic E-state index is 12.9. The molecule has 25 nitrogen and oxygen atoms in total. The second-order valence-electron chi connectivity index (χ2n) is 10.6. The molecule has 1 aromatic carbocycles. The number of thiophene rings is 1. The summed E-state index contributed by atoms with van der Waals surface area (Å²) in [4.78, 5) is 65.9. The third kappa shape index (κ3) is 13.1. The Labute approximate surface area is 334 Å². The smallest absolute Gasteiger partial charge is 0.349 e. The average molecular weight is 891 g/mol. The molecule has 0 saturated heterocycles. The molecule has 0 aliphatic carbocycles. The van der Waals surface area contributed by atoms with Gasteiger partial charge in [-0.15, -0.1) is 11.3 Å². The SMILES string of the molecule is COC(=O)c1ccc(CNS(C)(=O)=O)cc1S(=O)(=O)NC(=O)Nc1nc(OC)cc(OC)n1.COC(=O)c1sccc1S(=O)(=O)NC(=O)Nc1nc(C)nc(OC)n1. The third-order valence-corrected chi connectivity index (χ3v) is 10.9. The molecule has 314 valence electrons. The van der Waals surface area contributed by atoms with E-state index in [4.69, 9.17) is 14.2 Å². The fourth-order valence-electron chi connectivity index (χ4n) is 4.02. The minimum Gasteiger partial charge on any atom is -0.481 e. The van der Waals surface area contributed by atoms with Gasteiger partial charge in [0.15, 0.2) is 0 Å². The molecule has 0 bridgehead atoms. The van der Waals surface area contributed by atoms with Crippen LogP contribution < -0.4 is 39.0 Å². The number of sulfonamides is 3. The van der Waals surface area contributed by atoms with Gasteiger partial charge in [0.1, 0.15) is 20.5 Å². The van der Waals surface area contributed by atoms with Gasteiger partial charge >= 0.3 is 30.0 Å². The van der Waals surface area contributed by atoms with Gasteiger partial charge in [-0.25, -0.2) is 58.6 Å². The molecule has 0 saturated carbocycles. The first-order valence-electron chi connectivity index (χ1n) is 15.4. The van der Waals surface area contributed by atoms with Crippen LogP contribution in [-0.2, 0) is 46.1 Å². The van der Waals surface area contributed by atoms with Gasteiger partial charge in [0, 0.05) is 6.54 Å². The van der Waals surface area contributed by atoms with Crippen LogP contribution in [0.15, 0.2) is 45.5 Å². The van der Waals surface area contributed by atoms with E-state index in [1.807, 2.05) is 0 Å². The molecular formula is C29H34N10O15S4. The molecule has 0 aliphatic rings. The second-order valence-corrected chi connectivity index (χ2v) is 16.7. The van der Waals surface area contributed by atoms with E-state index in [-0.39, 0.29) is 62.9 Å². The number of amides is 4. The molecule has 4 amide bonds. The Balaban J connectivity index is 0.000000322. The van der Waals surface area contributed by atoms with Crippen molar-refractivity contribution in [2.24, 2.45) is 0 Å². The molecule has 0 fully saturated rings. The van der Waals surface area contributed by atoms with Crippen molar-refractivity contribution in [2.45, 2.75) is 23.3 Å². The number of anilines is 2. The number of esters is 2. The number of aromatic nitrogens is 5. The summed E-state index contributed by atoms with van der Waals surface area (Å²) >= 11 is 0.872. The van der Waals surface area contributed by atoms with E-state index in [1.165, 1.54) is 51.8 Å². The van der Waals surface area contributed by atoms with E-state index >= 15 is 0 Å². The molecule has 0 aliphatic heterocycles. The quantitative estimate of drug-likeness (QED) is 0.107. The monoisotopic (exact) mass is 890 g/mol. The average Bonchev–Trinajstić information content (AvgIpc) is 3.67. The lowest BCUT2D eigenvalue weighted by molar-refractivity contribution is 0.0590. The predicted octanol–water partition coefficient (Wildman–Crippen LogP) is 0.387. The summed E-state index contributed by atoms with van der Waals surface area (Å²) in [5.74, 6) is -1.99. The zero-order valence-electron chi connectivity index (χ0n) is 31.2. The number of nitrogens with one attached hydrogen (secondary N) is 5. The number of urea groups is 2. The van der Waals surface area contributed by atoms with Gasteiger partial charge in [-0.3, -0.25) is 10.6 Å². The number of ether oxygens (including phenoxy) is 5. The molecule has 0 radical (unpaired) electrons. The standard InChI is InChI=1S/C17H21N5O9S2.C12H13N5O6S2/c1-29-13-8-14(30-2)20-16(19-13)21-17(24)22-33(27,28)12-7-10(9-18-32(4,25)26)5-6-11(12)15(23)31-3;1-6-13-10(16-12(14-6)23-3)15-11(19)17-25(20,21)7-4-5-24-8(7)9(18)22-2/h5-8,18H,9H2,1-4H3,(H2,19,20,21,22,24);4-5H,1-3H3,(H2,13,14,15,16,17,19). The van der Waals surface area contributed by atoms with Crippen molar-refractivity contribution in [1.29, 1.82) is 0 Å². The molecule has 0 unspecified atom stereocenters. The van der Waals surface area contributed by atoms with E-state index in [9.17, 15) is 44.4 Å². The van der Waals surface area contributed by atoms with Crippen LogP contribution in [0.4, 0.5) is 21.5 Å². The van der Waals surface area contributed by atoms with Crippen molar-refractivity contribution in [2.75, 3.05) is 52.4 Å². The van der Waals surface area contributed by atoms with Crippen LogP contribution in [0, 0.1) is 6.92 Å². The summed E-state index contributed by atoms with van der Waals surface area (Å²) in [7, 11) is -6.38. The van der Waals surface area contributed by atoms with Crippen LogP contribution in [0.1, 0.15) is 31.4 Å². The summed E-state index contributed by atoms with van der Waals surface area (Å²) in [6.07, 6.45) is 0.926. The van der Waals surface area contributed by atoms with Crippen molar-refractivity contribution in [1.82, 2.24) is 39.1 Å². The lowest BCUT2D eigenvalue weighted by atomic mass is 10.1. The lowest BCUT2D eigenvalue weighted by Crippen LogP contribution is -2.35. The number of methoxy groups -OCH3 is 5. The highest BCUT2D eigenvalue weighted by Gasteiger charge is 2.28. The minimum absolute atomic E-state index is 0.0408. The van der Waals surface area contributed by atoms with E-state index in [0.717, 1.165) is 43.9 Å². The highest BCUT2D eigenvalue weighted by molar-refractivity contribution is 7.90. The maximum atomic E-state index is 12.9. The van der Waals surface area contributed by atoms with Gasteiger partial charge < -0.3 is 23.7 Å². The van der Waals surface area contributed by atoms with E-state index < -0.39 is 59.0 Å². The van der Waals surface area contributed by atoms with Crippen LogP contribution in [-0.4, -0.2) is 116 Å². The molecular weight excluding hydrogens is 857 g/mol. The Morgan fingerprint density at radius 2 is 1.22 bits per heavy atom. The van der Waals surface area contributed by atoms with E-state index in [0.29, 0.717) is 0 Å². The number of hydrogen-bond acceptors (Lipinski definition) is 21. The summed E-state index contributed by atoms with van der Waals surface area (Å²) < 4.78 is 102. The summed E-state index contributed by atoms with van der Waals surface area (Å²) in [6.45, 7) is 1.28. The first kappa shape index (κ1) is 46.1. The van der Waals surface area contributed by atoms with Crippen molar-refractivity contribution in [3.63, 3.8) is 0 Å². The summed E-state index contributed by atoms with van der Waals surface area (Å²) in [5, 5.41) is 5.66. The van der Waals surface area contributed by atoms with Crippen LogP contribution in [0.2, 0.25) is 0 Å². The molecule has 5 N–H and O–H groups in total. The van der Waals surface area contributed by atoms with Crippen LogP contribution in [0.5, 0.6) is 17.8 Å². The van der Waals surface area contributed by atoms with Gasteiger partial charge in [-0.05, 0) is 36.1 Å². The fraction of sp³-hybridized carbons (Fsp3) is 0.276. The topological polar surface area (TPSA) is 341 Å². The number of carbonyl (C=O) groups is 4. The summed E-state index contributed by atoms with van der Waals surface area (Å²) in [6, 6.07) is 3.60. The summed E-state index contributed by atoms with van der Waals surface area (Å²) in [5.41, 5.74) is -0.171. The van der Waals surface area contributed by atoms with Gasteiger partial charge in [0.2, 0.25) is 33.7 Å². The highest BCUT2D eigenvalue weighted by Crippen LogP contribution is 2.23. The van der Waals surface area contributed by atoms with Gasteiger partial charge in [0.25, 0.3) is 20.0 Å². The fourth-order valence-corrected chi connectivity index (χ4v) is 7.85. The van der Waals surface area contributed by atoms with Gasteiger partial charge in [-0.1, -0.05) is 6.07 Å². The Hall–Kier alpha value is -6.30. The molecule has 0 atom stereocenters. The number of hydrogen-bond donors (Lipinski definition) is 5. The van der Waals surface area contributed by atoms with Crippen molar-refractivity contribution in [3.8, 4) is 17.8 Å². The molecule has 3 aromatic heterocycles. The number of carbonyl (C=O) groups excluding carboxylic acids is 4. The lowest BCUT2D eigenvalue weighted by Gasteiger charge is -2.13. The first-order valence-corrected chi connectivity index (χ1v) is 21.1. The molecule has 0 spiro atoms. The van der Waals surface area contributed by atoms with Crippen molar-refractivity contribution < 1.29 is 68.1 Å². The van der Waals surface area contributed by atoms with Crippen molar-refractivity contribution in [3.05, 3.63) is 57.5 Å². The van der Waals surface area contributed by atoms with Gasteiger partial charge in [0.05, 0.1) is 53.4 Å². The number of rotatable bonds is 14. The molecule has 4 rings (SSSR count). The van der Waals surface area contributed by atoms with Crippen LogP contribution in [0.25, 0.3) is 0 Å². The highest BCUT2D eigenvalue weighted by atomic mass is 32.2. The maximum Gasteiger partial charge on any atom is 0.349 e. The Morgan fingerprint density at radius 1 is 0.672 bits per heavy atom. The molecule has 29 heteroatoms. The first-order chi connectivity index (χ1) is 27.1. The molecule has 58 heavy (non-hydrogen) atoms. The zero-order valence-corrected chi connectivity index (χ0v) is 34.4. The van der Waals surface area contributed by atoms with Crippen LogP contribution >= 0.6 is 11.3 Å². The number of nitrogens with zero attached hydrogens (tertiary/aromatic N) is 5. The molecule has 3 heterocycles. The Morgan fingerprint density at radius 3 is 1.74 bits per heavy atom.